The summed E-state index contributed by atoms with van der Waals surface area (Å²) in [5.74, 6) is 0. The van der Waals surface area contributed by atoms with Crippen LogP contribution < -0.4 is 10.0 Å². The van der Waals surface area contributed by atoms with Gasteiger partial charge in [-0.05, 0) is 39.8 Å². The molecule has 86 valence electrons. The molecule has 1 heterocycles. The molecule has 4 nitrogen and oxygen atoms in total. The molecule has 0 aromatic heterocycles. The minimum Gasteiger partial charge on any atom is -0.317 e. The number of halogens is 1. The van der Waals surface area contributed by atoms with Gasteiger partial charge in [-0.15, -0.1) is 12.4 Å². The topological polar surface area (TPSA) is 58.2 Å². The Hall–Kier alpha value is 0.160. The molecular weight excluding hydrogens is 224 g/mol. The van der Waals surface area contributed by atoms with E-state index in [0.717, 1.165) is 25.9 Å². The fraction of sp³-hybridized carbons (Fsp3) is 1.00. The molecule has 0 aromatic rings. The van der Waals surface area contributed by atoms with Crippen LogP contribution in [0.4, 0.5) is 0 Å². The Bertz CT molecular complexity index is 248. The Balaban J connectivity index is 0.00000169. The first-order valence-corrected chi connectivity index (χ1v) is 6.29. The highest BCUT2D eigenvalue weighted by Crippen LogP contribution is 2.06. The standard InChI is InChI=1S/C8H18N2O2S.ClH/c1-7(2)13(11,12)10-8-3-5-9-6-4-8;/h7-10H,3-6H2,1-2H3;1H. The molecule has 1 aliphatic rings. The SMILES string of the molecule is CC(C)S(=O)(=O)NC1CCNCC1.Cl. The highest BCUT2D eigenvalue weighted by Gasteiger charge is 2.22. The maximum atomic E-state index is 11.5. The summed E-state index contributed by atoms with van der Waals surface area (Å²) < 4.78 is 25.7. The van der Waals surface area contributed by atoms with Gasteiger partial charge in [0.05, 0.1) is 5.25 Å². The third kappa shape index (κ3) is 4.13. The summed E-state index contributed by atoms with van der Waals surface area (Å²) in [6.07, 6.45) is 1.79. The van der Waals surface area contributed by atoms with Crippen LogP contribution in [0.5, 0.6) is 0 Å². The Morgan fingerprint density at radius 3 is 2.21 bits per heavy atom. The van der Waals surface area contributed by atoms with Crippen LogP contribution in [0.3, 0.4) is 0 Å². The van der Waals surface area contributed by atoms with Gasteiger partial charge >= 0.3 is 0 Å². The molecule has 0 radical (unpaired) electrons. The van der Waals surface area contributed by atoms with Crippen LogP contribution in [0, 0.1) is 0 Å². The van der Waals surface area contributed by atoms with Crippen LogP contribution in [-0.4, -0.2) is 32.8 Å². The van der Waals surface area contributed by atoms with Gasteiger partial charge in [0.25, 0.3) is 0 Å². The number of nitrogens with one attached hydrogen (secondary N) is 2. The molecule has 0 aromatic carbocycles. The molecule has 0 bridgehead atoms. The van der Waals surface area contributed by atoms with Crippen molar-refractivity contribution in [1.29, 1.82) is 0 Å². The average molecular weight is 243 g/mol. The van der Waals surface area contributed by atoms with Crippen molar-refractivity contribution in [3.8, 4) is 0 Å². The lowest BCUT2D eigenvalue weighted by Gasteiger charge is -2.24. The van der Waals surface area contributed by atoms with E-state index in [1.165, 1.54) is 0 Å². The minimum absolute atomic E-state index is 0. The lowest BCUT2D eigenvalue weighted by molar-refractivity contribution is 0.425. The van der Waals surface area contributed by atoms with Gasteiger partial charge in [-0.3, -0.25) is 0 Å². The zero-order valence-electron chi connectivity index (χ0n) is 8.62. The first-order valence-electron chi connectivity index (χ1n) is 4.74. The molecule has 0 atom stereocenters. The van der Waals surface area contributed by atoms with Crippen molar-refractivity contribution in [2.45, 2.75) is 38.0 Å². The van der Waals surface area contributed by atoms with Gasteiger partial charge in [0.15, 0.2) is 0 Å². The highest BCUT2D eigenvalue weighted by atomic mass is 35.5. The van der Waals surface area contributed by atoms with Gasteiger partial charge in [-0.25, -0.2) is 13.1 Å². The summed E-state index contributed by atoms with van der Waals surface area (Å²) >= 11 is 0. The van der Waals surface area contributed by atoms with E-state index >= 15 is 0 Å². The molecule has 1 aliphatic heterocycles. The molecule has 6 heteroatoms. The molecule has 1 rings (SSSR count). The predicted octanol–water partition coefficient (Wildman–Crippen LogP) is 0.488. The molecule has 0 saturated carbocycles. The van der Waals surface area contributed by atoms with Crippen LogP contribution in [-0.2, 0) is 10.0 Å². The smallest absolute Gasteiger partial charge is 0.214 e. The van der Waals surface area contributed by atoms with Gasteiger partial charge in [0.2, 0.25) is 10.0 Å². The Morgan fingerprint density at radius 2 is 1.79 bits per heavy atom. The third-order valence-corrected chi connectivity index (χ3v) is 4.19. The fourth-order valence-corrected chi connectivity index (χ4v) is 2.28. The normalized spacial score (nSPS) is 19.4. The Kier molecular flexibility index (Phi) is 5.97. The number of piperidine rings is 1. The summed E-state index contributed by atoms with van der Waals surface area (Å²) in [6, 6.07) is 0.133. The summed E-state index contributed by atoms with van der Waals surface area (Å²) in [6.45, 7) is 5.21. The second-order valence-electron chi connectivity index (χ2n) is 3.74. The maximum Gasteiger partial charge on any atom is 0.214 e. The maximum absolute atomic E-state index is 11.5. The quantitative estimate of drug-likeness (QED) is 0.757. The van der Waals surface area contributed by atoms with Crippen molar-refractivity contribution in [3.05, 3.63) is 0 Å². The molecule has 0 spiro atoms. The predicted molar refractivity (Wildman–Crippen MR) is 60.3 cm³/mol. The zero-order valence-corrected chi connectivity index (χ0v) is 10.2. The Labute approximate surface area is 92.3 Å². The molecule has 14 heavy (non-hydrogen) atoms. The fourth-order valence-electron chi connectivity index (χ4n) is 1.31. The van der Waals surface area contributed by atoms with Crippen molar-refractivity contribution in [2.75, 3.05) is 13.1 Å². The van der Waals surface area contributed by atoms with Crippen LogP contribution >= 0.6 is 12.4 Å². The van der Waals surface area contributed by atoms with Gasteiger partial charge in [-0.2, -0.15) is 0 Å². The van der Waals surface area contributed by atoms with Gasteiger partial charge in [0, 0.05) is 6.04 Å². The molecule has 1 saturated heterocycles. The summed E-state index contributed by atoms with van der Waals surface area (Å²) in [5, 5.41) is 2.86. The van der Waals surface area contributed by atoms with E-state index in [-0.39, 0.29) is 23.7 Å². The highest BCUT2D eigenvalue weighted by molar-refractivity contribution is 7.90. The molecule has 0 aliphatic carbocycles. The number of hydrogen-bond donors (Lipinski definition) is 2. The summed E-state index contributed by atoms with van der Waals surface area (Å²) in [4.78, 5) is 0. The minimum atomic E-state index is -3.08. The van der Waals surface area contributed by atoms with Crippen molar-refractivity contribution >= 4 is 22.4 Å². The molecule has 0 amide bonds. The number of sulfonamides is 1. The van der Waals surface area contributed by atoms with Crippen molar-refractivity contribution in [2.24, 2.45) is 0 Å². The van der Waals surface area contributed by atoms with Crippen LogP contribution in [0.15, 0.2) is 0 Å². The first-order chi connectivity index (χ1) is 6.02. The third-order valence-electron chi connectivity index (χ3n) is 2.29. The van der Waals surface area contributed by atoms with E-state index in [2.05, 4.69) is 10.0 Å². The van der Waals surface area contributed by atoms with E-state index in [0.29, 0.717) is 0 Å². The largest absolute Gasteiger partial charge is 0.317 e. The zero-order chi connectivity index (χ0) is 9.90. The Morgan fingerprint density at radius 1 is 1.29 bits per heavy atom. The van der Waals surface area contributed by atoms with E-state index in [4.69, 9.17) is 0 Å². The number of hydrogen-bond acceptors (Lipinski definition) is 3. The first kappa shape index (κ1) is 14.2. The van der Waals surface area contributed by atoms with Crippen LogP contribution in [0.25, 0.3) is 0 Å². The second-order valence-corrected chi connectivity index (χ2v) is 6.00. The lowest BCUT2D eigenvalue weighted by atomic mass is 10.1. The molecular formula is C8H19ClN2O2S. The molecule has 1 fully saturated rings. The van der Waals surface area contributed by atoms with E-state index in [1.807, 2.05) is 0 Å². The van der Waals surface area contributed by atoms with Crippen molar-refractivity contribution in [3.63, 3.8) is 0 Å². The second kappa shape index (κ2) is 5.90. The molecule has 0 unspecified atom stereocenters. The van der Waals surface area contributed by atoms with Gasteiger partial charge in [-0.1, -0.05) is 0 Å². The average Bonchev–Trinajstić information content (AvgIpc) is 2.05. The summed E-state index contributed by atoms with van der Waals surface area (Å²) in [5.41, 5.74) is 0. The van der Waals surface area contributed by atoms with Crippen LogP contribution in [0.2, 0.25) is 0 Å². The van der Waals surface area contributed by atoms with Gasteiger partial charge < -0.3 is 5.32 Å². The lowest BCUT2D eigenvalue weighted by Crippen LogP contribution is -2.44. The molecule has 2 N–H and O–H groups in total. The van der Waals surface area contributed by atoms with E-state index in [9.17, 15) is 8.42 Å². The van der Waals surface area contributed by atoms with Crippen molar-refractivity contribution in [1.82, 2.24) is 10.0 Å². The van der Waals surface area contributed by atoms with E-state index in [1.54, 1.807) is 13.8 Å². The van der Waals surface area contributed by atoms with E-state index < -0.39 is 10.0 Å². The number of rotatable bonds is 3. The van der Waals surface area contributed by atoms with Crippen molar-refractivity contribution < 1.29 is 8.42 Å². The summed E-state index contributed by atoms with van der Waals surface area (Å²) in [7, 11) is -3.08. The van der Waals surface area contributed by atoms with Gasteiger partial charge in [0.1, 0.15) is 0 Å². The van der Waals surface area contributed by atoms with Crippen LogP contribution in [0.1, 0.15) is 26.7 Å². The monoisotopic (exact) mass is 242 g/mol.